The molecule has 0 spiro atoms. The third-order valence-corrected chi connectivity index (χ3v) is 3.59. The molecule has 2 nitrogen and oxygen atoms in total. The van der Waals surface area contributed by atoms with E-state index in [9.17, 15) is 13.2 Å². The number of alkyl halides is 3. The third kappa shape index (κ3) is 3.84. The molecule has 0 bridgehead atoms. The normalized spacial score (nSPS) is 13.4. The van der Waals surface area contributed by atoms with Crippen LogP contribution in [0.2, 0.25) is 0 Å². The first-order chi connectivity index (χ1) is 10.3. The Kier molecular flexibility index (Phi) is 4.84. The molecule has 118 valence electrons. The van der Waals surface area contributed by atoms with Crippen LogP contribution in [-0.2, 0) is 12.6 Å². The molecule has 2 heterocycles. The lowest BCUT2D eigenvalue weighted by Crippen LogP contribution is -2.13. The Hall–Kier alpha value is -1.91. The minimum absolute atomic E-state index is 0.0953. The second kappa shape index (κ2) is 6.46. The Morgan fingerprint density at radius 2 is 1.77 bits per heavy atom. The molecule has 2 rings (SSSR count). The van der Waals surface area contributed by atoms with E-state index in [1.54, 1.807) is 13.1 Å². The molecule has 1 unspecified atom stereocenters. The molecule has 0 N–H and O–H groups in total. The molecule has 2 aromatic rings. The van der Waals surface area contributed by atoms with E-state index in [4.69, 9.17) is 0 Å². The van der Waals surface area contributed by atoms with Gasteiger partial charge >= 0.3 is 6.18 Å². The summed E-state index contributed by atoms with van der Waals surface area (Å²) < 4.78 is 39.2. The number of nitrogens with zero attached hydrogens (tertiary/aromatic N) is 2. The SMILES string of the molecule is CC(C)c1cc(CC(C)c2ncccc2C(F)(F)F)ccn1. The van der Waals surface area contributed by atoms with Gasteiger partial charge < -0.3 is 0 Å². The van der Waals surface area contributed by atoms with E-state index in [1.165, 1.54) is 12.3 Å². The lowest BCUT2D eigenvalue weighted by molar-refractivity contribution is -0.138. The second-order valence-corrected chi connectivity index (χ2v) is 5.78. The Morgan fingerprint density at radius 3 is 2.41 bits per heavy atom. The zero-order valence-electron chi connectivity index (χ0n) is 12.9. The van der Waals surface area contributed by atoms with Crippen LogP contribution in [0, 0.1) is 0 Å². The van der Waals surface area contributed by atoms with Crippen LogP contribution < -0.4 is 0 Å². The van der Waals surface area contributed by atoms with E-state index in [0.29, 0.717) is 6.42 Å². The van der Waals surface area contributed by atoms with Gasteiger partial charge in [0, 0.05) is 24.0 Å². The van der Waals surface area contributed by atoms with Crippen LogP contribution in [0.5, 0.6) is 0 Å². The summed E-state index contributed by atoms with van der Waals surface area (Å²) in [5, 5.41) is 0. The van der Waals surface area contributed by atoms with Gasteiger partial charge in [-0.1, -0.05) is 20.8 Å². The monoisotopic (exact) mass is 308 g/mol. The summed E-state index contributed by atoms with van der Waals surface area (Å²) in [6.45, 7) is 5.85. The predicted molar refractivity (Wildman–Crippen MR) is 79.7 cm³/mol. The quantitative estimate of drug-likeness (QED) is 0.797. The summed E-state index contributed by atoms with van der Waals surface area (Å²) >= 11 is 0. The van der Waals surface area contributed by atoms with Gasteiger partial charge in [-0.25, -0.2) is 0 Å². The van der Waals surface area contributed by atoms with Crippen molar-refractivity contribution < 1.29 is 13.2 Å². The van der Waals surface area contributed by atoms with Crippen LogP contribution >= 0.6 is 0 Å². The summed E-state index contributed by atoms with van der Waals surface area (Å²) in [5.74, 6) is -0.0314. The molecule has 0 radical (unpaired) electrons. The number of hydrogen-bond acceptors (Lipinski definition) is 2. The third-order valence-electron chi connectivity index (χ3n) is 3.59. The first-order valence-electron chi connectivity index (χ1n) is 7.26. The highest BCUT2D eigenvalue weighted by Gasteiger charge is 2.35. The molecule has 1 atom stereocenters. The average Bonchev–Trinajstić information content (AvgIpc) is 2.46. The molecule has 0 aliphatic carbocycles. The Labute approximate surface area is 128 Å². The topological polar surface area (TPSA) is 25.8 Å². The summed E-state index contributed by atoms with van der Waals surface area (Å²) in [5.41, 5.74) is 1.37. The fraction of sp³-hybridized carbons (Fsp3) is 0.412. The lowest BCUT2D eigenvalue weighted by Gasteiger charge is -2.17. The van der Waals surface area contributed by atoms with Crippen molar-refractivity contribution in [3.8, 4) is 0 Å². The van der Waals surface area contributed by atoms with Crippen molar-refractivity contribution in [1.29, 1.82) is 0 Å². The van der Waals surface area contributed by atoms with Crippen LogP contribution in [0.1, 0.15) is 55.1 Å². The maximum atomic E-state index is 13.1. The van der Waals surface area contributed by atoms with Gasteiger partial charge in [0.25, 0.3) is 0 Å². The molecule has 0 aromatic carbocycles. The molecule has 0 amide bonds. The number of halogens is 3. The van der Waals surface area contributed by atoms with Crippen molar-refractivity contribution in [3.63, 3.8) is 0 Å². The van der Waals surface area contributed by atoms with E-state index >= 15 is 0 Å². The second-order valence-electron chi connectivity index (χ2n) is 5.78. The van der Waals surface area contributed by atoms with Crippen LogP contribution in [0.25, 0.3) is 0 Å². The highest BCUT2D eigenvalue weighted by atomic mass is 19.4. The molecule has 5 heteroatoms. The van der Waals surface area contributed by atoms with Crippen LogP contribution in [0.3, 0.4) is 0 Å². The summed E-state index contributed by atoms with van der Waals surface area (Å²) in [4.78, 5) is 8.24. The Bertz CT molecular complexity index is 636. The molecular weight excluding hydrogens is 289 g/mol. The molecule has 0 aliphatic heterocycles. The fourth-order valence-corrected chi connectivity index (χ4v) is 2.44. The standard InChI is InChI=1S/C17H19F3N2/c1-11(2)15-10-13(6-8-21-15)9-12(3)16-14(17(18,19)20)5-4-7-22-16/h4-8,10-12H,9H2,1-3H3. The van der Waals surface area contributed by atoms with E-state index < -0.39 is 11.7 Å². The predicted octanol–water partition coefficient (Wildman–Crippen LogP) is 4.97. The van der Waals surface area contributed by atoms with Crippen molar-refractivity contribution in [1.82, 2.24) is 9.97 Å². The number of pyridine rings is 2. The highest BCUT2D eigenvalue weighted by Crippen LogP contribution is 2.34. The maximum absolute atomic E-state index is 13.1. The van der Waals surface area contributed by atoms with Gasteiger partial charge in [-0.05, 0) is 42.2 Å². The lowest BCUT2D eigenvalue weighted by atomic mass is 9.93. The van der Waals surface area contributed by atoms with Crippen molar-refractivity contribution in [2.24, 2.45) is 0 Å². The summed E-state index contributed by atoms with van der Waals surface area (Å²) in [6, 6.07) is 6.21. The number of hydrogen-bond donors (Lipinski definition) is 0. The van der Waals surface area contributed by atoms with Crippen molar-refractivity contribution in [2.45, 2.75) is 45.2 Å². The fourth-order valence-electron chi connectivity index (χ4n) is 2.44. The number of rotatable bonds is 4. The van der Waals surface area contributed by atoms with E-state index in [2.05, 4.69) is 9.97 Å². The van der Waals surface area contributed by atoms with Gasteiger partial charge in [0.1, 0.15) is 0 Å². The maximum Gasteiger partial charge on any atom is 0.418 e. The van der Waals surface area contributed by atoms with E-state index in [1.807, 2.05) is 26.0 Å². The zero-order valence-corrected chi connectivity index (χ0v) is 12.9. The molecule has 2 aromatic heterocycles. The van der Waals surface area contributed by atoms with Crippen molar-refractivity contribution in [3.05, 3.63) is 59.2 Å². The van der Waals surface area contributed by atoms with Crippen molar-refractivity contribution >= 4 is 0 Å². The van der Waals surface area contributed by atoms with Gasteiger partial charge in [0.2, 0.25) is 0 Å². The van der Waals surface area contributed by atoms with Gasteiger partial charge in [0.15, 0.2) is 0 Å². The average molecular weight is 308 g/mol. The van der Waals surface area contributed by atoms with E-state index in [0.717, 1.165) is 17.3 Å². The van der Waals surface area contributed by atoms with Crippen LogP contribution in [-0.4, -0.2) is 9.97 Å². The molecule has 0 fully saturated rings. The van der Waals surface area contributed by atoms with Gasteiger partial charge in [-0.3, -0.25) is 9.97 Å². The van der Waals surface area contributed by atoms with Gasteiger partial charge in [-0.2, -0.15) is 13.2 Å². The highest BCUT2D eigenvalue weighted by molar-refractivity contribution is 5.28. The smallest absolute Gasteiger partial charge is 0.261 e. The first kappa shape index (κ1) is 16.5. The summed E-state index contributed by atoms with van der Waals surface area (Å²) in [6.07, 6.45) is -0.755. The Balaban J connectivity index is 2.27. The zero-order chi connectivity index (χ0) is 16.3. The Morgan fingerprint density at radius 1 is 1.05 bits per heavy atom. The summed E-state index contributed by atoms with van der Waals surface area (Å²) in [7, 11) is 0. The first-order valence-corrected chi connectivity index (χ1v) is 7.26. The minimum atomic E-state index is -4.38. The van der Waals surface area contributed by atoms with Crippen LogP contribution in [0.15, 0.2) is 36.7 Å². The van der Waals surface area contributed by atoms with Gasteiger partial charge in [-0.15, -0.1) is 0 Å². The largest absolute Gasteiger partial charge is 0.418 e. The molecule has 22 heavy (non-hydrogen) atoms. The number of aromatic nitrogens is 2. The molecule has 0 aliphatic rings. The van der Waals surface area contributed by atoms with Crippen molar-refractivity contribution in [2.75, 3.05) is 0 Å². The van der Waals surface area contributed by atoms with E-state index in [-0.39, 0.29) is 17.5 Å². The molecule has 0 saturated heterocycles. The van der Waals surface area contributed by atoms with Crippen LogP contribution in [0.4, 0.5) is 13.2 Å². The minimum Gasteiger partial charge on any atom is -0.261 e. The molecule has 0 saturated carbocycles. The molecular formula is C17H19F3N2. The van der Waals surface area contributed by atoms with Gasteiger partial charge in [0.05, 0.1) is 11.3 Å².